The molecule has 440 valence electrons. The van der Waals surface area contributed by atoms with Crippen LogP contribution >= 0.6 is 0 Å². The summed E-state index contributed by atoms with van der Waals surface area (Å²) in [6.45, 7) is 16.9. The minimum Gasteiger partial charge on any atom is -0.394 e. The number of allylic oxidation sites excluding steroid dienone is 2. The maximum atomic E-state index is 12.8. The molecule has 0 spiro atoms. The Hall–Kier alpha value is -1.14. The summed E-state index contributed by atoms with van der Waals surface area (Å²) in [6.07, 6.45) is -23.7. The van der Waals surface area contributed by atoms with Crippen molar-refractivity contribution < 1.29 is 109 Å². The van der Waals surface area contributed by atoms with Crippen molar-refractivity contribution in [2.45, 2.75) is 261 Å². The Labute approximate surface area is 445 Å². The van der Waals surface area contributed by atoms with Gasteiger partial charge in [0.1, 0.15) is 91.6 Å². The first-order chi connectivity index (χ1) is 35.5. The predicted molar refractivity (Wildman–Crippen MR) is 265 cm³/mol. The van der Waals surface area contributed by atoms with E-state index in [0.717, 1.165) is 24.8 Å². The second kappa shape index (κ2) is 22.9. The van der Waals surface area contributed by atoms with E-state index in [4.69, 9.17) is 37.9 Å². The van der Waals surface area contributed by atoms with Gasteiger partial charge in [-0.25, -0.2) is 0 Å². The number of aliphatic hydroxyl groups is 14. The molecule has 4 saturated carbocycles. The summed E-state index contributed by atoms with van der Waals surface area (Å²) in [7, 11) is 0. The minimum atomic E-state index is -1.81. The molecule has 0 unspecified atom stereocenters. The van der Waals surface area contributed by atoms with Gasteiger partial charge >= 0.3 is 0 Å². The lowest BCUT2D eigenvalue weighted by Gasteiger charge is -2.71. The molecule has 22 nitrogen and oxygen atoms in total. The summed E-state index contributed by atoms with van der Waals surface area (Å²) >= 11 is 0. The van der Waals surface area contributed by atoms with Crippen LogP contribution in [0.2, 0.25) is 0 Å². The van der Waals surface area contributed by atoms with Crippen molar-refractivity contribution in [1.29, 1.82) is 0 Å². The Morgan fingerprint density at radius 2 is 1.13 bits per heavy atom. The van der Waals surface area contributed by atoms with E-state index in [1.807, 2.05) is 20.8 Å². The second-order valence-corrected chi connectivity index (χ2v) is 25.7. The normalized spacial score (nSPS) is 53.2. The van der Waals surface area contributed by atoms with Gasteiger partial charge in [0.2, 0.25) is 0 Å². The Kier molecular flexibility index (Phi) is 18.4. The minimum absolute atomic E-state index is 0.0493. The van der Waals surface area contributed by atoms with Crippen molar-refractivity contribution in [3.8, 4) is 0 Å². The van der Waals surface area contributed by atoms with Crippen LogP contribution in [0, 0.1) is 45.3 Å². The Morgan fingerprint density at radius 3 is 1.76 bits per heavy atom. The Bertz CT molecular complexity index is 1980. The van der Waals surface area contributed by atoms with Crippen LogP contribution in [0.3, 0.4) is 0 Å². The molecular weight excluding hydrogens is 1000 g/mol. The molecule has 76 heavy (non-hydrogen) atoms. The van der Waals surface area contributed by atoms with Crippen LogP contribution in [0.1, 0.15) is 120 Å². The van der Waals surface area contributed by atoms with Crippen LogP contribution in [-0.4, -0.2) is 232 Å². The highest BCUT2D eigenvalue weighted by atomic mass is 16.8. The molecule has 8 aliphatic rings. The molecule has 4 heterocycles. The molecule has 0 bridgehead atoms. The first-order valence-corrected chi connectivity index (χ1v) is 27.7. The van der Waals surface area contributed by atoms with E-state index in [1.54, 1.807) is 0 Å². The summed E-state index contributed by atoms with van der Waals surface area (Å²) in [5.41, 5.74) is -1.49. The number of hydrogen-bond donors (Lipinski definition) is 14. The van der Waals surface area contributed by atoms with Crippen molar-refractivity contribution in [1.82, 2.24) is 0 Å². The molecule has 0 aromatic rings. The Morgan fingerprint density at radius 1 is 0.579 bits per heavy atom. The fourth-order valence-electron chi connectivity index (χ4n) is 16.2. The molecule has 8 fully saturated rings. The number of hydrogen-bond acceptors (Lipinski definition) is 22. The van der Waals surface area contributed by atoms with E-state index < -0.39 is 171 Å². The molecule has 14 N–H and O–H groups in total. The zero-order chi connectivity index (χ0) is 55.9. The van der Waals surface area contributed by atoms with Gasteiger partial charge in [0, 0.05) is 0 Å². The van der Waals surface area contributed by atoms with E-state index in [-0.39, 0.29) is 34.5 Å². The second-order valence-electron chi connectivity index (χ2n) is 25.7. The summed E-state index contributed by atoms with van der Waals surface area (Å²) in [5.74, 6) is -0.404. The van der Waals surface area contributed by atoms with Gasteiger partial charge in [0.15, 0.2) is 25.2 Å². The van der Waals surface area contributed by atoms with Gasteiger partial charge < -0.3 is 109 Å². The van der Waals surface area contributed by atoms with Gasteiger partial charge in [-0.05, 0) is 131 Å². The van der Waals surface area contributed by atoms with Gasteiger partial charge in [-0.3, -0.25) is 0 Å². The molecule has 0 amide bonds. The SMILES string of the molecule is CC(C)=CCC[C@](C)(O[C@@H]1O[C@H](CO[C@@H]2O[C@@H](C)[C@H](O)[C@@H](O)[C@H]2O)[C@@H](O)[C@H](O)[C@H]1O)[C@H]1CC[C@]2(C)[C@@H]1[C@H](O)C[C@@H]1[C@]3(C)CC[C@@H](O[C@@H]4O[C@H](CO)[C@@H](O)[C@H](O)[C@H]4O[C@@H]4O[C@H](CO)[C@@H](O)[C@H](O)[C@H]4O)C(C)(C)[C@H]3CC[C@]12C. The third-order valence-corrected chi connectivity index (χ3v) is 20.9. The van der Waals surface area contributed by atoms with Crippen molar-refractivity contribution in [2.75, 3.05) is 19.8 Å². The van der Waals surface area contributed by atoms with Crippen LogP contribution in [-0.2, 0) is 37.9 Å². The smallest absolute Gasteiger partial charge is 0.187 e. The van der Waals surface area contributed by atoms with E-state index in [9.17, 15) is 71.5 Å². The van der Waals surface area contributed by atoms with Crippen molar-refractivity contribution in [2.24, 2.45) is 45.3 Å². The molecule has 0 radical (unpaired) electrons. The predicted octanol–water partition coefficient (Wildman–Crippen LogP) is -1.17. The molecule has 30 atom stereocenters. The fourth-order valence-corrected chi connectivity index (χ4v) is 16.2. The molecule has 22 heteroatoms. The topological polar surface area (TPSA) is 357 Å². The van der Waals surface area contributed by atoms with E-state index in [2.05, 4.69) is 40.7 Å². The lowest BCUT2D eigenvalue weighted by Crippen LogP contribution is -2.68. The molecule has 0 aromatic heterocycles. The first-order valence-electron chi connectivity index (χ1n) is 27.7. The molecule has 4 saturated heterocycles. The van der Waals surface area contributed by atoms with Gasteiger partial charge in [0.25, 0.3) is 0 Å². The number of rotatable bonds is 15. The van der Waals surface area contributed by atoms with Crippen LogP contribution in [0.5, 0.6) is 0 Å². The average molecular weight is 1090 g/mol. The summed E-state index contributed by atoms with van der Waals surface area (Å²) in [4.78, 5) is 0. The Balaban J connectivity index is 1.01. The van der Waals surface area contributed by atoms with Crippen LogP contribution in [0.15, 0.2) is 11.6 Å². The highest BCUT2D eigenvalue weighted by molar-refractivity contribution is 5.20. The summed E-state index contributed by atoms with van der Waals surface area (Å²) in [5, 5.41) is 152. The van der Waals surface area contributed by atoms with E-state index in [0.29, 0.717) is 38.5 Å². The number of fused-ring (bicyclic) bond motifs is 5. The van der Waals surface area contributed by atoms with Crippen LogP contribution in [0.4, 0.5) is 0 Å². The largest absolute Gasteiger partial charge is 0.394 e. The quantitative estimate of drug-likeness (QED) is 0.0678. The molecule has 0 aromatic carbocycles. The zero-order valence-electron chi connectivity index (χ0n) is 45.6. The highest BCUT2D eigenvalue weighted by Crippen LogP contribution is 2.76. The van der Waals surface area contributed by atoms with Crippen molar-refractivity contribution in [3.05, 3.63) is 11.6 Å². The fraction of sp³-hybridized carbons (Fsp3) is 0.963. The molecule has 4 aliphatic carbocycles. The van der Waals surface area contributed by atoms with Crippen molar-refractivity contribution >= 4 is 0 Å². The summed E-state index contributed by atoms with van der Waals surface area (Å²) in [6, 6.07) is 0. The third kappa shape index (κ3) is 10.5. The van der Waals surface area contributed by atoms with Gasteiger partial charge in [-0.15, -0.1) is 0 Å². The average Bonchev–Trinajstić information content (AvgIpc) is 3.77. The maximum Gasteiger partial charge on any atom is 0.187 e. The summed E-state index contributed by atoms with van der Waals surface area (Å²) < 4.78 is 49.1. The molecule has 4 aliphatic heterocycles. The van der Waals surface area contributed by atoms with E-state index in [1.165, 1.54) is 6.92 Å². The standard InChI is InChI=1S/C54H92O22/c1-23(2)11-10-15-54(9,76-48-44(68)40(64)37(61)29(73-48)22-69-46-42(66)38(62)34(58)24(3)70-46)25-12-17-53(8)33(25)26(57)19-31-51(6)16-14-32(50(4,5)30(51)13-18-52(31,53)7)74-49-45(41(65)36(60)28(21-56)72-49)75-47-43(67)39(63)35(59)27(20-55)71-47/h11,24-49,55-68H,10,12-22H2,1-9H3/t24-,25-,26+,27+,28+,29+,30+,31+,32+,33-,34-,35+,36+,37+,38+,39-,40-,41-,42+,43+,44+,45+,46+,47-,48-,49-,51+,52+,53+,54-/m0/s1. The van der Waals surface area contributed by atoms with Gasteiger partial charge in [0.05, 0.1) is 43.7 Å². The third-order valence-electron chi connectivity index (χ3n) is 20.9. The van der Waals surface area contributed by atoms with Gasteiger partial charge in [-0.2, -0.15) is 0 Å². The van der Waals surface area contributed by atoms with Gasteiger partial charge in [-0.1, -0.05) is 46.3 Å². The first kappa shape index (κ1) is 60.9. The lowest BCUT2D eigenvalue weighted by atomic mass is 9.35. The number of ether oxygens (including phenoxy) is 8. The molecule has 8 rings (SSSR count). The zero-order valence-corrected chi connectivity index (χ0v) is 45.6. The lowest BCUT2D eigenvalue weighted by molar-refractivity contribution is -0.378. The van der Waals surface area contributed by atoms with Crippen LogP contribution < -0.4 is 0 Å². The maximum absolute atomic E-state index is 12.8. The van der Waals surface area contributed by atoms with Crippen molar-refractivity contribution in [3.63, 3.8) is 0 Å². The highest BCUT2D eigenvalue weighted by Gasteiger charge is 2.72. The van der Waals surface area contributed by atoms with E-state index >= 15 is 0 Å². The monoisotopic (exact) mass is 1090 g/mol. The molecular formula is C54H92O22. The number of aliphatic hydroxyl groups excluding tert-OH is 14. The van der Waals surface area contributed by atoms with Crippen LogP contribution in [0.25, 0.3) is 0 Å².